The molecule has 6 rings (SSSR count). The molecule has 2 aliphatic heterocycles. The number of nitrogens with zero attached hydrogens (tertiary/aromatic N) is 5. The second kappa shape index (κ2) is 10.2. The Morgan fingerprint density at radius 1 is 1.00 bits per heavy atom. The van der Waals surface area contributed by atoms with Gasteiger partial charge in [0.05, 0.1) is 16.0 Å². The van der Waals surface area contributed by atoms with E-state index in [1.807, 2.05) is 12.1 Å². The minimum Gasteiger partial charge on any atom is -0.383 e. The molecule has 204 valence electrons. The third-order valence-corrected chi connectivity index (χ3v) is 9.91. The zero-order valence-corrected chi connectivity index (χ0v) is 22.8. The van der Waals surface area contributed by atoms with E-state index in [1.54, 1.807) is 31.2 Å². The number of likely N-dealkylation sites (tertiary alicyclic amines) is 1. The third kappa shape index (κ3) is 4.98. The number of nitrogen functional groups attached to an aromatic ring is 1. The Morgan fingerprint density at radius 2 is 1.69 bits per heavy atom. The van der Waals surface area contributed by atoms with Crippen molar-refractivity contribution in [3.63, 3.8) is 0 Å². The smallest absolute Gasteiger partial charge is 0.178 e. The predicted octanol–water partition coefficient (Wildman–Crippen LogP) is 4.39. The molecule has 4 aromatic rings. The first-order chi connectivity index (χ1) is 18.8. The molecule has 0 atom stereocenters. The van der Waals surface area contributed by atoms with Crippen LogP contribution in [-0.2, 0) is 9.84 Å². The summed E-state index contributed by atoms with van der Waals surface area (Å²) in [5.74, 6) is 0.887. The van der Waals surface area contributed by atoms with Gasteiger partial charge in [-0.15, -0.1) is 0 Å². The molecule has 0 unspecified atom stereocenters. The van der Waals surface area contributed by atoms with Gasteiger partial charge in [0.1, 0.15) is 23.6 Å². The molecule has 2 saturated heterocycles. The standard InChI is InChI=1S/C29H33FN6O2S/c1-2-39(37,38)25-9-7-23(8-10-25)35-16-20(17-35)15-34-13-11-24(12-14-34)36-18-26(21-3-5-22(30)6-4-21)27-28(31)32-19-33-29(27)36/h3-10,18-20,24H,2,11-17H2,1H3,(H2,31,32,33). The first-order valence-electron chi connectivity index (χ1n) is 13.5. The van der Waals surface area contributed by atoms with Gasteiger partial charge < -0.3 is 20.1 Å². The number of fused-ring (bicyclic) bond motifs is 1. The van der Waals surface area contributed by atoms with Crippen LogP contribution < -0.4 is 10.6 Å². The summed E-state index contributed by atoms with van der Waals surface area (Å²) in [4.78, 5) is 14.0. The number of hydrogen-bond donors (Lipinski definition) is 1. The molecule has 0 spiro atoms. The Kier molecular flexibility index (Phi) is 6.76. The molecule has 2 aromatic heterocycles. The molecule has 39 heavy (non-hydrogen) atoms. The van der Waals surface area contributed by atoms with Crippen LogP contribution in [0.2, 0.25) is 0 Å². The van der Waals surface area contributed by atoms with Crippen LogP contribution in [0.3, 0.4) is 0 Å². The predicted molar refractivity (Wildman–Crippen MR) is 152 cm³/mol. The minimum atomic E-state index is -3.17. The fourth-order valence-corrected chi connectivity index (χ4v) is 6.79. The molecule has 8 nitrogen and oxygen atoms in total. The molecule has 0 saturated carbocycles. The number of sulfone groups is 1. The maximum atomic E-state index is 13.5. The second-order valence-electron chi connectivity index (χ2n) is 10.6. The van der Waals surface area contributed by atoms with Crippen molar-refractivity contribution in [2.24, 2.45) is 5.92 Å². The number of halogens is 1. The average molecular weight is 549 g/mol. The fourth-order valence-electron chi connectivity index (χ4n) is 5.91. The van der Waals surface area contributed by atoms with Gasteiger partial charge in [0, 0.05) is 62.1 Å². The summed E-state index contributed by atoms with van der Waals surface area (Å²) in [7, 11) is -3.17. The van der Waals surface area contributed by atoms with Crippen molar-refractivity contribution >= 4 is 32.4 Å². The molecule has 4 heterocycles. The second-order valence-corrected chi connectivity index (χ2v) is 12.9. The third-order valence-electron chi connectivity index (χ3n) is 8.16. The first-order valence-corrected chi connectivity index (χ1v) is 15.1. The highest BCUT2D eigenvalue weighted by atomic mass is 32.2. The Balaban J connectivity index is 1.08. The van der Waals surface area contributed by atoms with Crippen molar-refractivity contribution in [2.45, 2.75) is 30.7 Å². The highest BCUT2D eigenvalue weighted by molar-refractivity contribution is 7.91. The van der Waals surface area contributed by atoms with E-state index in [0.29, 0.717) is 22.7 Å². The van der Waals surface area contributed by atoms with E-state index >= 15 is 0 Å². The zero-order valence-electron chi connectivity index (χ0n) is 22.0. The van der Waals surface area contributed by atoms with Crippen LogP contribution in [0, 0.1) is 11.7 Å². The van der Waals surface area contributed by atoms with Crippen molar-refractivity contribution in [2.75, 3.05) is 49.1 Å². The van der Waals surface area contributed by atoms with Crippen LogP contribution in [0.4, 0.5) is 15.9 Å². The van der Waals surface area contributed by atoms with E-state index in [9.17, 15) is 12.8 Å². The summed E-state index contributed by atoms with van der Waals surface area (Å²) < 4.78 is 39.9. The maximum Gasteiger partial charge on any atom is 0.178 e. The number of nitrogens with two attached hydrogens (primary N) is 1. The van der Waals surface area contributed by atoms with Crippen LogP contribution in [0.1, 0.15) is 25.8 Å². The first kappa shape index (κ1) is 25.8. The van der Waals surface area contributed by atoms with E-state index in [4.69, 9.17) is 5.73 Å². The molecule has 2 fully saturated rings. The van der Waals surface area contributed by atoms with E-state index in [1.165, 1.54) is 18.5 Å². The molecule has 2 aromatic carbocycles. The summed E-state index contributed by atoms with van der Waals surface area (Å²) in [5, 5.41) is 0.821. The van der Waals surface area contributed by atoms with Gasteiger partial charge in [0.15, 0.2) is 9.84 Å². The SMILES string of the molecule is CCS(=O)(=O)c1ccc(N2CC(CN3CCC(n4cc(-c5ccc(F)cc5)c5c(N)ncnc54)CC3)C2)cc1. The number of piperidine rings is 1. The number of benzene rings is 2. The van der Waals surface area contributed by atoms with Gasteiger partial charge in [-0.05, 0) is 54.8 Å². The monoisotopic (exact) mass is 548 g/mol. The topological polar surface area (TPSA) is 97.4 Å². The molecular weight excluding hydrogens is 515 g/mol. The van der Waals surface area contributed by atoms with Crippen molar-refractivity contribution in [1.82, 2.24) is 19.4 Å². The van der Waals surface area contributed by atoms with Gasteiger partial charge in [0.2, 0.25) is 0 Å². The van der Waals surface area contributed by atoms with Crippen molar-refractivity contribution in [3.05, 3.63) is 66.9 Å². The summed E-state index contributed by atoms with van der Waals surface area (Å²) >= 11 is 0. The molecule has 0 aliphatic carbocycles. The molecule has 10 heteroatoms. The lowest BCUT2D eigenvalue weighted by Gasteiger charge is -2.44. The molecular formula is C29H33FN6O2S. The summed E-state index contributed by atoms with van der Waals surface area (Å²) in [6.07, 6.45) is 5.64. The lowest BCUT2D eigenvalue weighted by atomic mass is 9.96. The maximum absolute atomic E-state index is 13.5. The fraction of sp³-hybridized carbons (Fsp3) is 0.379. The number of rotatable bonds is 7. The van der Waals surface area contributed by atoms with Gasteiger partial charge in [0.25, 0.3) is 0 Å². The number of hydrogen-bond acceptors (Lipinski definition) is 7. The summed E-state index contributed by atoms with van der Waals surface area (Å²) in [6, 6.07) is 14.1. The lowest BCUT2D eigenvalue weighted by molar-refractivity contribution is 0.153. The van der Waals surface area contributed by atoms with E-state index in [-0.39, 0.29) is 11.6 Å². The van der Waals surface area contributed by atoms with Gasteiger partial charge in [-0.2, -0.15) is 0 Å². The highest BCUT2D eigenvalue weighted by Crippen LogP contribution is 2.37. The Bertz CT molecular complexity index is 1570. The molecule has 0 amide bonds. The summed E-state index contributed by atoms with van der Waals surface area (Å²) in [5.41, 5.74) is 10.0. The zero-order chi connectivity index (χ0) is 27.1. The van der Waals surface area contributed by atoms with Gasteiger partial charge in [-0.1, -0.05) is 19.1 Å². The average Bonchev–Trinajstić information content (AvgIpc) is 3.32. The van der Waals surface area contributed by atoms with Crippen molar-refractivity contribution in [1.29, 1.82) is 0 Å². The Labute approximate surface area is 228 Å². The van der Waals surface area contributed by atoms with Crippen LogP contribution >= 0.6 is 0 Å². The summed E-state index contributed by atoms with van der Waals surface area (Å²) in [6.45, 7) is 6.72. The van der Waals surface area contributed by atoms with Gasteiger partial charge in [-0.25, -0.2) is 22.8 Å². The number of aromatic nitrogens is 3. The van der Waals surface area contributed by atoms with Crippen LogP contribution in [0.5, 0.6) is 0 Å². The molecule has 2 aliphatic rings. The minimum absolute atomic E-state index is 0.118. The van der Waals surface area contributed by atoms with E-state index < -0.39 is 9.84 Å². The van der Waals surface area contributed by atoms with Gasteiger partial charge >= 0.3 is 0 Å². The van der Waals surface area contributed by atoms with Crippen LogP contribution in [0.25, 0.3) is 22.2 Å². The van der Waals surface area contributed by atoms with Crippen molar-refractivity contribution in [3.8, 4) is 11.1 Å². The van der Waals surface area contributed by atoms with E-state index in [0.717, 1.165) is 73.4 Å². The van der Waals surface area contributed by atoms with Gasteiger partial charge in [-0.3, -0.25) is 0 Å². The quantitative estimate of drug-likeness (QED) is 0.366. The lowest BCUT2D eigenvalue weighted by Crippen LogP contribution is -2.52. The Morgan fingerprint density at radius 3 is 2.36 bits per heavy atom. The molecule has 2 N–H and O–H groups in total. The Hall–Kier alpha value is -3.50. The van der Waals surface area contributed by atoms with E-state index in [2.05, 4.69) is 30.5 Å². The van der Waals surface area contributed by atoms with Crippen LogP contribution in [-0.4, -0.2) is 66.3 Å². The van der Waals surface area contributed by atoms with Crippen LogP contribution in [0.15, 0.2) is 66.0 Å². The molecule has 0 bridgehead atoms. The number of anilines is 2. The largest absolute Gasteiger partial charge is 0.383 e. The molecule has 0 radical (unpaired) electrons. The normalized spacial score (nSPS) is 17.5. The van der Waals surface area contributed by atoms with Crippen molar-refractivity contribution < 1.29 is 12.8 Å². The highest BCUT2D eigenvalue weighted by Gasteiger charge is 2.31.